The number of nitrogens with one attached hydrogen (secondary N) is 1. The smallest absolute Gasteiger partial charge is 0.369 e. The van der Waals surface area contributed by atoms with Gasteiger partial charge in [0, 0.05) is 37.9 Å². The Hall–Kier alpha value is -1.41. The third-order valence-corrected chi connectivity index (χ3v) is 6.49. The van der Waals surface area contributed by atoms with Crippen LogP contribution in [0.25, 0.3) is 0 Å². The molecule has 1 heterocycles. The molecule has 2 fully saturated rings. The molecule has 0 bridgehead atoms. The van der Waals surface area contributed by atoms with Crippen molar-refractivity contribution in [3.05, 3.63) is 29.8 Å². The van der Waals surface area contributed by atoms with Crippen molar-refractivity contribution in [2.75, 3.05) is 37.6 Å². The Bertz CT molecular complexity index is 650. The first kappa shape index (κ1) is 23.3. The van der Waals surface area contributed by atoms with Crippen LogP contribution in [-0.2, 0) is 6.18 Å². The van der Waals surface area contributed by atoms with E-state index in [1.165, 1.54) is 19.1 Å². The average molecular weight is 434 g/mol. The van der Waals surface area contributed by atoms with Gasteiger partial charge in [0.15, 0.2) is 0 Å². The van der Waals surface area contributed by atoms with Crippen molar-refractivity contribution in [1.82, 2.24) is 10.2 Å². The summed E-state index contributed by atoms with van der Waals surface area (Å²) in [5.41, 5.74) is 0.0313. The summed E-state index contributed by atoms with van der Waals surface area (Å²) in [5, 5.41) is 3.04. The van der Waals surface area contributed by atoms with Crippen LogP contribution in [0.5, 0.6) is 0 Å². The van der Waals surface area contributed by atoms with Gasteiger partial charge in [0.05, 0.1) is 11.6 Å². The number of hydrogen-bond donors (Lipinski definition) is 1. The van der Waals surface area contributed by atoms with E-state index in [9.17, 15) is 22.0 Å². The molecule has 1 aliphatic carbocycles. The highest BCUT2D eigenvalue weighted by Gasteiger charge is 2.31. The Morgan fingerprint density at radius 1 is 1.03 bits per heavy atom. The van der Waals surface area contributed by atoms with E-state index in [1.54, 1.807) is 6.07 Å². The molecule has 30 heavy (non-hydrogen) atoms. The molecule has 0 amide bonds. The summed E-state index contributed by atoms with van der Waals surface area (Å²) >= 11 is 0. The zero-order chi connectivity index (χ0) is 21.7. The van der Waals surface area contributed by atoms with Crippen molar-refractivity contribution in [3.63, 3.8) is 0 Å². The number of nitrogens with zero attached hydrogens (tertiary/aromatic N) is 2. The number of alkyl halides is 5. The Labute approximate surface area is 175 Å². The van der Waals surface area contributed by atoms with Gasteiger partial charge in [0.2, 0.25) is 0 Å². The van der Waals surface area contributed by atoms with Crippen molar-refractivity contribution in [3.8, 4) is 0 Å². The van der Waals surface area contributed by atoms with Crippen LogP contribution in [0.1, 0.15) is 44.6 Å². The minimum Gasteiger partial charge on any atom is -0.369 e. The van der Waals surface area contributed by atoms with E-state index < -0.39 is 24.2 Å². The van der Waals surface area contributed by atoms with Gasteiger partial charge in [-0.05, 0) is 69.7 Å². The Morgan fingerprint density at radius 2 is 1.70 bits per heavy atom. The average Bonchev–Trinajstić information content (AvgIpc) is 2.73. The van der Waals surface area contributed by atoms with E-state index >= 15 is 0 Å². The SMILES string of the molecule is CC(NC1CCC(CCN2CCN(c3cccc(C(F)(F)F)c3)CC2)CC1)C(F)F. The number of halogens is 5. The lowest BCUT2D eigenvalue weighted by Crippen LogP contribution is -2.47. The monoisotopic (exact) mass is 433 g/mol. The topological polar surface area (TPSA) is 18.5 Å². The fourth-order valence-corrected chi connectivity index (χ4v) is 4.54. The van der Waals surface area contributed by atoms with Crippen molar-refractivity contribution in [2.45, 2.75) is 63.7 Å². The predicted molar refractivity (Wildman–Crippen MR) is 109 cm³/mol. The molecule has 1 saturated heterocycles. The zero-order valence-corrected chi connectivity index (χ0v) is 17.5. The molecule has 0 spiro atoms. The second-order valence-electron chi connectivity index (χ2n) is 8.67. The molecule has 0 radical (unpaired) electrons. The Balaban J connectivity index is 1.37. The van der Waals surface area contributed by atoms with E-state index in [-0.39, 0.29) is 6.04 Å². The Morgan fingerprint density at radius 3 is 2.30 bits per heavy atom. The summed E-state index contributed by atoms with van der Waals surface area (Å²) in [6.07, 6.45) is -1.51. The molecule has 1 aromatic carbocycles. The van der Waals surface area contributed by atoms with E-state index in [0.717, 1.165) is 70.9 Å². The van der Waals surface area contributed by atoms with E-state index in [2.05, 4.69) is 10.2 Å². The molecule has 8 heteroatoms. The molecule has 1 atom stereocenters. The van der Waals surface area contributed by atoms with Crippen molar-refractivity contribution in [2.24, 2.45) is 5.92 Å². The lowest BCUT2D eigenvalue weighted by Gasteiger charge is -2.37. The van der Waals surface area contributed by atoms with Crippen LogP contribution >= 0.6 is 0 Å². The molecule has 1 saturated carbocycles. The first-order chi connectivity index (χ1) is 14.2. The second-order valence-corrected chi connectivity index (χ2v) is 8.67. The molecule has 3 rings (SSSR count). The fraction of sp³-hybridized carbons (Fsp3) is 0.727. The minimum absolute atomic E-state index is 0.196. The summed E-state index contributed by atoms with van der Waals surface area (Å²) in [6.45, 7) is 5.67. The predicted octanol–water partition coefficient (Wildman–Crippen LogP) is 5.02. The fourth-order valence-electron chi connectivity index (χ4n) is 4.54. The van der Waals surface area contributed by atoms with Gasteiger partial charge < -0.3 is 10.2 Å². The highest BCUT2D eigenvalue weighted by atomic mass is 19.4. The summed E-state index contributed by atoms with van der Waals surface area (Å²) in [4.78, 5) is 4.40. The maximum absolute atomic E-state index is 12.9. The van der Waals surface area contributed by atoms with Gasteiger partial charge in [-0.2, -0.15) is 13.2 Å². The van der Waals surface area contributed by atoms with Gasteiger partial charge in [0.25, 0.3) is 6.43 Å². The van der Waals surface area contributed by atoms with Crippen molar-refractivity contribution in [1.29, 1.82) is 0 Å². The summed E-state index contributed by atoms with van der Waals surface area (Å²) < 4.78 is 64.1. The Kier molecular flexibility index (Phi) is 7.96. The summed E-state index contributed by atoms with van der Waals surface area (Å²) in [7, 11) is 0. The zero-order valence-electron chi connectivity index (χ0n) is 17.5. The molecule has 1 aliphatic heterocycles. The van der Waals surface area contributed by atoms with Crippen molar-refractivity contribution < 1.29 is 22.0 Å². The van der Waals surface area contributed by atoms with Crippen LogP contribution in [-0.4, -0.2) is 56.1 Å². The third-order valence-electron chi connectivity index (χ3n) is 6.49. The number of benzene rings is 1. The van der Waals surface area contributed by atoms with Gasteiger partial charge in [-0.3, -0.25) is 4.90 Å². The van der Waals surface area contributed by atoms with Crippen LogP contribution in [0.2, 0.25) is 0 Å². The first-order valence-corrected chi connectivity index (χ1v) is 10.9. The quantitative estimate of drug-likeness (QED) is 0.610. The normalized spacial score (nSPS) is 25.0. The number of piperazine rings is 1. The maximum Gasteiger partial charge on any atom is 0.416 e. The highest BCUT2D eigenvalue weighted by molar-refractivity contribution is 5.49. The second kappa shape index (κ2) is 10.3. The van der Waals surface area contributed by atoms with E-state index in [0.29, 0.717) is 11.6 Å². The van der Waals surface area contributed by atoms with Crippen LogP contribution in [0.3, 0.4) is 0 Å². The molecule has 3 nitrogen and oxygen atoms in total. The molecular weight excluding hydrogens is 401 g/mol. The maximum atomic E-state index is 12.9. The van der Waals surface area contributed by atoms with Crippen LogP contribution in [0.4, 0.5) is 27.6 Å². The van der Waals surface area contributed by atoms with Gasteiger partial charge in [0.1, 0.15) is 0 Å². The molecule has 1 unspecified atom stereocenters. The van der Waals surface area contributed by atoms with Gasteiger partial charge in [-0.1, -0.05) is 6.07 Å². The summed E-state index contributed by atoms with van der Waals surface area (Å²) in [6, 6.07) is 5.00. The molecule has 0 aromatic heterocycles. The number of hydrogen-bond acceptors (Lipinski definition) is 3. The van der Waals surface area contributed by atoms with Crippen LogP contribution in [0.15, 0.2) is 24.3 Å². The summed E-state index contributed by atoms with van der Waals surface area (Å²) in [5.74, 6) is 0.631. The molecule has 2 aliphatic rings. The van der Waals surface area contributed by atoms with Crippen LogP contribution < -0.4 is 10.2 Å². The lowest BCUT2D eigenvalue weighted by atomic mass is 9.83. The lowest BCUT2D eigenvalue weighted by molar-refractivity contribution is -0.137. The largest absolute Gasteiger partial charge is 0.416 e. The van der Waals surface area contributed by atoms with E-state index in [4.69, 9.17) is 0 Å². The molecule has 1 aromatic rings. The van der Waals surface area contributed by atoms with Crippen LogP contribution in [0, 0.1) is 5.92 Å². The number of rotatable bonds is 7. The highest BCUT2D eigenvalue weighted by Crippen LogP contribution is 2.32. The van der Waals surface area contributed by atoms with E-state index in [1.807, 2.05) is 4.90 Å². The molecular formula is C22H32F5N3. The molecule has 170 valence electrons. The number of anilines is 1. The van der Waals surface area contributed by atoms with Gasteiger partial charge in [-0.15, -0.1) is 0 Å². The van der Waals surface area contributed by atoms with Gasteiger partial charge >= 0.3 is 6.18 Å². The minimum atomic E-state index is -4.32. The third kappa shape index (κ3) is 6.54. The van der Waals surface area contributed by atoms with Gasteiger partial charge in [-0.25, -0.2) is 8.78 Å². The first-order valence-electron chi connectivity index (χ1n) is 10.9. The standard InChI is InChI=1S/C22H32F5N3/c1-16(21(23)24)28-19-7-5-17(6-8-19)9-10-29-11-13-30(14-12-29)20-4-2-3-18(15-20)22(25,26)27/h2-4,15-17,19,21,28H,5-14H2,1H3. The van der Waals surface area contributed by atoms with Crippen molar-refractivity contribution >= 4 is 5.69 Å². The molecule has 1 N–H and O–H groups in total.